The first-order chi connectivity index (χ1) is 10.4. The number of halogens is 4. The van der Waals surface area contributed by atoms with Gasteiger partial charge in [0, 0.05) is 30.6 Å². The molecule has 0 aliphatic rings. The number of H-pyrrole nitrogens is 1. The molecular formula is C13H11F4N3O2. The Kier molecular flexibility index (Phi) is 4.64. The van der Waals surface area contributed by atoms with Crippen LogP contribution in [0.15, 0.2) is 18.3 Å². The predicted molar refractivity (Wildman–Crippen MR) is 70.5 cm³/mol. The second-order valence-electron chi connectivity index (χ2n) is 4.40. The third-order valence-electron chi connectivity index (χ3n) is 2.83. The average molecular weight is 317 g/mol. The lowest BCUT2D eigenvalue weighted by Crippen LogP contribution is -2.36. The molecule has 3 N–H and O–H groups in total. The van der Waals surface area contributed by atoms with Gasteiger partial charge in [0.1, 0.15) is 0 Å². The number of hydrogen-bond acceptors (Lipinski definition) is 2. The Morgan fingerprint density at radius 3 is 2.50 bits per heavy atom. The molecule has 5 nitrogen and oxygen atoms in total. The predicted octanol–water partition coefficient (Wildman–Crippen LogP) is 2.16. The van der Waals surface area contributed by atoms with E-state index < -0.39 is 36.3 Å². The van der Waals surface area contributed by atoms with Crippen molar-refractivity contribution in [2.75, 3.05) is 11.9 Å². The molecule has 2 rings (SSSR count). The number of aromatic nitrogens is 1. The van der Waals surface area contributed by atoms with E-state index >= 15 is 0 Å². The Balaban J connectivity index is 2.05. The minimum atomic E-state index is -2.59. The van der Waals surface area contributed by atoms with Crippen LogP contribution in [0.4, 0.5) is 23.2 Å². The van der Waals surface area contributed by atoms with Crippen LogP contribution in [-0.4, -0.2) is 29.8 Å². The van der Waals surface area contributed by atoms with Gasteiger partial charge < -0.3 is 15.6 Å². The molecule has 0 aliphatic heterocycles. The minimum absolute atomic E-state index is 0.0721. The molecule has 0 saturated carbocycles. The van der Waals surface area contributed by atoms with Gasteiger partial charge in [0.15, 0.2) is 11.6 Å². The summed E-state index contributed by atoms with van der Waals surface area (Å²) in [5, 5.41) is 4.38. The van der Waals surface area contributed by atoms with Gasteiger partial charge in [-0.2, -0.15) is 0 Å². The molecule has 0 fully saturated rings. The van der Waals surface area contributed by atoms with Crippen molar-refractivity contribution in [1.29, 1.82) is 0 Å². The van der Waals surface area contributed by atoms with Gasteiger partial charge in [-0.15, -0.1) is 0 Å². The number of amides is 2. The zero-order valence-corrected chi connectivity index (χ0v) is 11.1. The van der Waals surface area contributed by atoms with Gasteiger partial charge in [-0.25, -0.2) is 17.6 Å². The fourth-order valence-electron chi connectivity index (χ4n) is 1.77. The Bertz CT molecular complexity index is 715. The highest BCUT2D eigenvalue weighted by atomic mass is 19.3. The number of carbonyl (C=O) groups is 2. The van der Waals surface area contributed by atoms with Crippen LogP contribution < -0.4 is 10.6 Å². The summed E-state index contributed by atoms with van der Waals surface area (Å²) in [5.74, 6) is -4.36. The molecule has 1 aromatic carbocycles. The van der Waals surface area contributed by atoms with Crippen LogP contribution in [-0.2, 0) is 9.59 Å². The van der Waals surface area contributed by atoms with Gasteiger partial charge >= 0.3 is 11.8 Å². The fourth-order valence-corrected chi connectivity index (χ4v) is 1.77. The Hall–Kier alpha value is -2.58. The zero-order chi connectivity index (χ0) is 16.3. The molecule has 2 aromatic rings. The van der Waals surface area contributed by atoms with E-state index in [1.807, 2.05) is 5.32 Å². The van der Waals surface area contributed by atoms with E-state index in [4.69, 9.17) is 0 Å². The number of aromatic amines is 1. The second kappa shape index (κ2) is 6.46. The van der Waals surface area contributed by atoms with Gasteiger partial charge in [0.25, 0.3) is 0 Å². The van der Waals surface area contributed by atoms with E-state index in [9.17, 15) is 27.2 Å². The molecule has 0 radical (unpaired) electrons. The average Bonchev–Trinajstić information content (AvgIpc) is 2.81. The molecule has 0 atom stereocenters. The number of benzene rings is 1. The largest absolute Gasteiger partial charge is 0.359 e. The second-order valence-corrected chi connectivity index (χ2v) is 4.40. The fraction of sp³-hybridized carbons (Fsp3) is 0.231. The minimum Gasteiger partial charge on any atom is -0.359 e. The highest BCUT2D eigenvalue weighted by molar-refractivity contribution is 6.40. The number of hydrogen-bond donors (Lipinski definition) is 3. The highest BCUT2D eigenvalue weighted by Gasteiger charge is 2.17. The summed E-state index contributed by atoms with van der Waals surface area (Å²) in [7, 11) is 0. The van der Waals surface area contributed by atoms with Crippen molar-refractivity contribution in [1.82, 2.24) is 10.3 Å². The summed E-state index contributed by atoms with van der Waals surface area (Å²) in [6, 6.07) is 1.77. The van der Waals surface area contributed by atoms with Crippen molar-refractivity contribution in [3.8, 4) is 0 Å². The monoisotopic (exact) mass is 317 g/mol. The molecule has 1 heterocycles. The number of fused-ring (bicyclic) bond motifs is 1. The van der Waals surface area contributed by atoms with Gasteiger partial charge in [-0.05, 0) is 6.07 Å². The highest BCUT2D eigenvalue weighted by Crippen LogP contribution is 2.25. The van der Waals surface area contributed by atoms with Crippen molar-refractivity contribution in [2.24, 2.45) is 0 Å². The molecule has 0 saturated heterocycles. The number of alkyl halides is 2. The smallest absolute Gasteiger partial charge is 0.313 e. The van der Waals surface area contributed by atoms with E-state index in [1.165, 1.54) is 6.20 Å². The van der Waals surface area contributed by atoms with Crippen LogP contribution in [0.2, 0.25) is 0 Å². The first-order valence-corrected chi connectivity index (χ1v) is 6.22. The van der Waals surface area contributed by atoms with E-state index in [0.29, 0.717) is 0 Å². The topological polar surface area (TPSA) is 74.0 Å². The molecule has 0 aliphatic carbocycles. The van der Waals surface area contributed by atoms with Gasteiger partial charge in [0.05, 0.1) is 11.2 Å². The maximum Gasteiger partial charge on any atom is 0.313 e. The molecule has 0 unspecified atom stereocenters. The van der Waals surface area contributed by atoms with Crippen molar-refractivity contribution in [2.45, 2.75) is 12.8 Å². The zero-order valence-electron chi connectivity index (χ0n) is 11.1. The van der Waals surface area contributed by atoms with Crippen molar-refractivity contribution < 1.29 is 27.2 Å². The lowest BCUT2D eigenvalue weighted by Gasteiger charge is -2.05. The summed E-state index contributed by atoms with van der Waals surface area (Å²) in [4.78, 5) is 25.6. The number of anilines is 1. The molecule has 1 aromatic heterocycles. The lowest BCUT2D eigenvalue weighted by atomic mass is 10.2. The normalized spacial score (nSPS) is 11.0. The van der Waals surface area contributed by atoms with Crippen LogP contribution >= 0.6 is 0 Å². The quantitative estimate of drug-likeness (QED) is 0.597. The number of carbonyl (C=O) groups excluding carboxylic acids is 2. The van der Waals surface area contributed by atoms with Crippen molar-refractivity contribution in [3.05, 3.63) is 30.0 Å². The summed E-state index contributed by atoms with van der Waals surface area (Å²) in [6.07, 6.45) is -1.90. The maximum atomic E-state index is 13.2. The van der Waals surface area contributed by atoms with Crippen LogP contribution in [0.25, 0.3) is 10.9 Å². The molecule has 2 amide bonds. The van der Waals surface area contributed by atoms with Crippen LogP contribution in [0.1, 0.15) is 6.42 Å². The maximum absolute atomic E-state index is 13.2. The van der Waals surface area contributed by atoms with Gasteiger partial charge in [-0.1, -0.05) is 0 Å². The Morgan fingerprint density at radius 2 is 1.82 bits per heavy atom. The lowest BCUT2D eigenvalue weighted by molar-refractivity contribution is -0.136. The summed E-state index contributed by atoms with van der Waals surface area (Å²) in [5.41, 5.74) is 0.301. The van der Waals surface area contributed by atoms with E-state index in [-0.39, 0.29) is 23.1 Å². The van der Waals surface area contributed by atoms with Gasteiger partial charge in [-0.3, -0.25) is 9.59 Å². The van der Waals surface area contributed by atoms with E-state index in [2.05, 4.69) is 10.3 Å². The molecule has 118 valence electrons. The standard InChI is InChI=1S/C13H11F4N3O2/c14-7-3-6-9(4-8(7)15)19-5-10(6)20-13(22)12(21)18-2-1-11(16)17/h3-5,11,19H,1-2H2,(H,18,21)(H,20,22). The SMILES string of the molecule is O=C(NCCC(F)F)C(=O)Nc1c[nH]c2cc(F)c(F)cc12. The molecule has 22 heavy (non-hydrogen) atoms. The number of nitrogens with one attached hydrogen (secondary N) is 3. The van der Waals surface area contributed by atoms with Crippen molar-refractivity contribution >= 4 is 28.4 Å². The first-order valence-electron chi connectivity index (χ1n) is 6.22. The van der Waals surface area contributed by atoms with Gasteiger partial charge in [0.2, 0.25) is 6.43 Å². The first kappa shape index (κ1) is 15.8. The summed E-state index contributed by atoms with van der Waals surface area (Å²) >= 11 is 0. The van der Waals surface area contributed by atoms with Crippen LogP contribution in [0.5, 0.6) is 0 Å². The Morgan fingerprint density at radius 1 is 1.14 bits per heavy atom. The molecule has 0 spiro atoms. The summed E-state index contributed by atoms with van der Waals surface area (Å²) in [6.45, 7) is -0.350. The van der Waals surface area contributed by atoms with Crippen molar-refractivity contribution in [3.63, 3.8) is 0 Å². The third-order valence-corrected chi connectivity index (χ3v) is 2.83. The van der Waals surface area contributed by atoms with Crippen LogP contribution in [0, 0.1) is 11.6 Å². The molecule has 0 bridgehead atoms. The van der Waals surface area contributed by atoms with Crippen LogP contribution in [0.3, 0.4) is 0 Å². The van der Waals surface area contributed by atoms with E-state index in [0.717, 1.165) is 12.1 Å². The molecule has 9 heteroatoms. The van der Waals surface area contributed by atoms with E-state index in [1.54, 1.807) is 0 Å². The summed E-state index contributed by atoms with van der Waals surface area (Å²) < 4.78 is 50.1. The third kappa shape index (κ3) is 3.54. The Labute approximate surface area is 121 Å². The number of rotatable bonds is 4. The molecular weight excluding hydrogens is 306 g/mol.